The van der Waals surface area contributed by atoms with Crippen molar-refractivity contribution in [2.24, 2.45) is 7.05 Å². The van der Waals surface area contributed by atoms with E-state index in [4.69, 9.17) is 11.6 Å². The molecule has 0 spiro atoms. The molecule has 0 saturated carbocycles. The van der Waals surface area contributed by atoms with Crippen LogP contribution in [0.5, 0.6) is 0 Å². The second kappa shape index (κ2) is 6.01. The Morgan fingerprint density at radius 3 is 2.55 bits per heavy atom. The van der Waals surface area contributed by atoms with Gasteiger partial charge in [-0.05, 0) is 25.1 Å². The lowest BCUT2D eigenvalue weighted by atomic mass is 10.2. The fraction of sp³-hybridized carbons (Fsp3) is 0.375. The van der Waals surface area contributed by atoms with E-state index in [1.54, 1.807) is 4.68 Å². The number of piperazine rings is 1. The summed E-state index contributed by atoms with van der Waals surface area (Å²) in [4.78, 5) is 16.7. The molecule has 0 unspecified atom stereocenters. The summed E-state index contributed by atoms with van der Waals surface area (Å²) in [7, 11) is 1.83. The highest BCUT2D eigenvalue weighted by atomic mass is 35.5. The van der Waals surface area contributed by atoms with Gasteiger partial charge in [0.2, 0.25) is 0 Å². The number of hydrogen-bond donors (Lipinski definition) is 0. The number of halogens is 1. The maximum absolute atomic E-state index is 12.5. The summed E-state index contributed by atoms with van der Waals surface area (Å²) in [5.74, 6) is 0.0174. The van der Waals surface area contributed by atoms with Gasteiger partial charge in [-0.1, -0.05) is 17.7 Å². The van der Waals surface area contributed by atoms with E-state index in [9.17, 15) is 4.79 Å². The van der Waals surface area contributed by atoms with Gasteiger partial charge in [0.05, 0.1) is 0 Å². The predicted molar refractivity (Wildman–Crippen MR) is 87.5 cm³/mol. The third-order valence-corrected chi connectivity index (χ3v) is 4.19. The first-order chi connectivity index (χ1) is 10.5. The van der Waals surface area contributed by atoms with Gasteiger partial charge < -0.3 is 9.80 Å². The van der Waals surface area contributed by atoms with Crippen LogP contribution in [0.1, 0.15) is 16.1 Å². The second-order valence-corrected chi connectivity index (χ2v) is 6.03. The SMILES string of the molecule is Cc1cn(C)nc1C(=O)N1CCN(c2cccc(Cl)c2)CC1. The van der Waals surface area contributed by atoms with Crippen molar-refractivity contribution in [3.8, 4) is 0 Å². The standard InChI is InChI=1S/C16H19ClN4O/c1-12-11-19(2)18-15(12)16(22)21-8-6-20(7-9-21)14-5-3-4-13(17)10-14/h3-5,10-11H,6-9H2,1-2H3. The van der Waals surface area contributed by atoms with Crippen LogP contribution < -0.4 is 4.90 Å². The number of carbonyl (C=O) groups is 1. The highest BCUT2D eigenvalue weighted by molar-refractivity contribution is 6.30. The molecule has 5 nitrogen and oxygen atoms in total. The first-order valence-electron chi connectivity index (χ1n) is 7.34. The highest BCUT2D eigenvalue weighted by Gasteiger charge is 2.25. The van der Waals surface area contributed by atoms with E-state index in [-0.39, 0.29) is 5.91 Å². The van der Waals surface area contributed by atoms with E-state index in [1.165, 1.54) is 0 Å². The van der Waals surface area contributed by atoms with Crippen LogP contribution in [0.4, 0.5) is 5.69 Å². The fourth-order valence-corrected chi connectivity index (χ4v) is 2.99. The largest absolute Gasteiger partial charge is 0.368 e. The van der Waals surface area contributed by atoms with Crippen LogP contribution in [0.15, 0.2) is 30.5 Å². The summed E-state index contributed by atoms with van der Waals surface area (Å²) in [5, 5.41) is 5.00. The molecule has 2 heterocycles. The van der Waals surface area contributed by atoms with Gasteiger partial charge in [0, 0.05) is 55.7 Å². The summed E-state index contributed by atoms with van der Waals surface area (Å²) in [6.07, 6.45) is 1.87. The number of aryl methyl sites for hydroxylation is 2. The van der Waals surface area contributed by atoms with Crippen molar-refractivity contribution in [1.82, 2.24) is 14.7 Å². The molecule has 1 saturated heterocycles. The molecule has 1 amide bonds. The first kappa shape index (κ1) is 14.9. The fourth-order valence-electron chi connectivity index (χ4n) is 2.81. The lowest BCUT2D eigenvalue weighted by Crippen LogP contribution is -2.49. The zero-order valence-corrected chi connectivity index (χ0v) is 13.5. The smallest absolute Gasteiger partial charge is 0.274 e. The molecule has 0 N–H and O–H groups in total. The Bertz CT molecular complexity index is 689. The van der Waals surface area contributed by atoms with E-state index >= 15 is 0 Å². The summed E-state index contributed by atoms with van der Waals surface area (Å²) >= 11 is 6.04. The number of hydrogen-bond acceptors (Lipinski definition) is 3. The summed E-state index contributed by atoms with van der Waals surface area (Å²) in [5.41, 5.74) is 2.58. The third-order valence-electron chi connectivity index (χ3n) is 3.95. The van der Waals surface area contributed by atoms with Crippen molar-refractivity contribution in [2.75, 3.05) is 31.1 Å². The van der Waals surface area contributed by atoms with Crippen LogP contribution >= 0.6 is 11.6 Å². The number of carbonyl (C=O) groups excluding carboxylic acids is 1. The molecule has 1 aliphatic rings. The average molecular weight is 319 g/mol. The normalized spacial score (nSPS) is 15.2. The van der Waals surface area contributed by atoms with Crippen molar-refractivity contribution >= 4 is 23.2 Å². The molecule has 6 heteroatoms. The quantitative estimate of drug-likeness (QED) is 0.853. The monoisotopic (exact) mass is 318 g/mol. The van der Waals surface area contributed by atoms with Crippen molar-refractivity contribution in [1.29, 1.82) is 0 Å². The van der Waals surface area contributed by atoms with Gasteiger partial charge in [-0.2, -0.15) is 5.10 Å². The number of nitrogens with zero attached hydrogens (tertiary/aromatic N) is 4. The highest BCUT2D eigenvalue weighted by Crippen LogP contribution is 2.21. The number of rotatable bonds is 2. The van der Waals surface area contributed by atoms with Crippen LogP contribution in [0.3, 0.4) is 0 Å². The molecule has 0 bridgehead atoms. The molecule has 22 heavy (non-hydrogen) atoms. The molecule has 1 aromatic carbocycles. The maximum Gasteiger partial charge on any atom is 0.274 e. The van der Waals surface area contributed by atoms with Crippen molar-refractivity contribution in [3.63, 3.8) is 0 Å². The molecule has 0 aliphatic carbocycles. The van der Waals surface area contributed by atoms with Crippen LogP contribution in [-0.2, 0) is 7.05 Å². The van der Waals surface area contributed by atoms with Crippen molar-refractivity contribution in [2.45, 2.75) is 6.92 Å². The summed E-state index contributed by atoms with van der Waals surface area (Å²) < 4.78 is 1.69. The molecule has 2 aromatic rings. The van der Waals surface area contributed by atoms with Crippen LogP contribution in [0.25, 0.3) is 0 Å². The first-order valence-corrected chi connectivity index (χ1v) is 7.72. The predicted octanol–water partition coefficient (Wildman–Crippen LogP) is 2.34. The average Bonchev–Trinajstić information content (AvgIpc) is 2.85. The topological polar surface area (TPSA) is 41.4 Å². The second-order valence-electron chi connectivity index (χ2n) is 5.59. The maximum atomic E-state index is 12.5. The summed E-state index contributed by atoms with van der Waals surface area (Å²) in [6.45, 7) is 4.92. The number of amides is 1. The molecule has 116 valence electrons. The van der Waals surface area contributed by atoms with Crippen LogP contribution in [0.2, 0.25) is 5.02 Å². The Balaban J connectivity index is 1.67. The minimum Gasteiger partial charge on any atom is -0.368 e. The molecule has 0 radical (unpaired) electrons. The van der Waals surface area contributed by atoms with E-state index in [2.05, 4.69) is 10.00 Å². The van der Waals surface area contributed by atoms with Crippen molar-refractivity contribution < 1.29 is 4.79 Å². The van der Waals surface area contributed by atoms with E-state index < -0.39 is 0 Å². The zero-order valence-electron chi connectivity index (χ0n) is 12.8. The molecule has 1 fully saturated rings. The van der Waals surface area contributed by atoms with Crippen molar-refractivity contribution in [3.05, 3.63) is 46.7 Å². The minimum atomic E-state index is 0.0174. The van der Waals surface area contributed by atoms with Gasteiger partial charge in [-0.3, -0.25) is 9.48 Å². The molecule has 1 aromatic heterocycles. The molecule has 3 rings (SSSR count). The Hall–Kier alpha value is -2.01. The Labute approximate surface area is 135 Å². The van der Waals surface area contributed by atoms with Crippen LogP contribution in [0, 0.1) is 6.92 Å². The van der Waals surface area contributed by atoms with Gasteiger partial charge in [0.25, 0.3) is 5.91 Å². The minimum absolute atomic E-state index is 0.0174. The summed E-state index contributed by atoms with van der Waals surface area (Å²) in [6, 6.07) is 7.83. The molecular weight excluding hydrogens is 300 g/mol. The Kier molecular flexibility index (Phi) is 4.07. The van der Waals surface area contributed by atoms with E-state index in [1.807, 2.05) is 49.3 Å². The molecular formula is C16H19ClN4O. The van der Waals surface area contributed by atoms with E-state index in [0.29, 0.717) is 18.8 Å². The Morgan fingerprint density at radius 1 is 1.23 bits per heavy atom. The van der Waals surface area contributed by atoms with Gasteiger partial charge in [-0.15, -0.1) is 0 Å². The van der Waals surface area contributed by atoms with Gasteiger partial charge in [0.15, 0.2) is 5.69 Å². The van der Waals surface area contributed by atoms with Crippen LogP contribution in [-0.4, -0.2) is 46.8 Å². The van der Waals surface area contributed by atoms with Gasteiger partial charge in [0.1, 0.15) is 0 Å². The Morgan fingerprint density at radius 2 is 1.95 bits per heavy atom. The molecule has 0 atom stereocenters. The number of anilines is 1. The molecule has 1 aliphatic heterocycles. The number of aromatic nitrogens is 2. The third kappa shape index (κ3) is 2.95. The van der Waals surface area contributed by atoms with Gasteiger partial charge >= 0.3 is 0 Å². The van der Waals surface area contributed by atoms with Gasteiger partial charge in [-0.25, -0.2) is 0 Å². The lowest BCUT2D eigenvalue weighted by molar-refractivity contribution is 0.0739. The van der Waals surface area contributed by atoms with E-state index in [0.717, 1.165) is 29.4 Å². The lowest BCUT2D eigenvalue weighted by Gasteiger charge is -2.36. The zero-order chi connectivity index (χ0) is 15.7. The number of benzene rings is 1.